The van der Waals surface area contributed by atoms with Gasteiger partial charge in [0.25, 0.3) is 0 Å². The van der Waals surface area contributed by atoms with Crippen molar-refractivity contribution < 1.29 is 14.2 Å². The summed E-state index contributed by atoms with van der Waals surface area (Å²) in [5.74, 6) is 1.59. The van der Waals surface area contributed by atoms with E-state index in [4.69, 9.17) is 19.9 Å². The molecule has 2 heterocycles. The van der Waals surface area contributed by atoms with Gasteiger partial charge in [0.05, 0.1) is 6.10 Å². The van der Waals surface area contributed by atoms with Gasteiger partial charge in [0.1, 0.15) is 13.2 Å². The van der Waals surface area contributed by atoms with Crippen LogP contribution in [-0.4, -0.2) is 25.9 Å². The summed E-state index contributed by atoms with van der Waals surface area (Å²) in [5.41, 5.74) is 7.44. The van der Waals surface area contributed by atoms with Gasteiger partial charge in [-0.1, -0.05) is 15.9 Å². The first-order valence-electron chi connectivity index (χ1n) is 7.70. The summed E-state index contributed by atoms with van der Waals surface area (Å²) in [6, 6.07) is 3.95. The van der Waals surface area contributed by atoms with Crippen LogP contribution in [0.25, 0.3) is 0 Å². The Morgan fingerprint density at radius 1 is 1.14 bits per heavy atom. The third-order valence-electron chi connectivity index (χ3n) is 4.13. The van der Waals surface area contributed by atoms with E-state index in [0.717, 1.165) is 47.4 Å². The first kappa shape index (κ1) is 15.1. The Labute approximate surface area is 134 Å². The van der Waals surface area contributed by atoms with Gasteiger partial charge in [0, 0.05) is 17.1 Å². The second-order valence-electron chi connectivity index (χ2n) is 5.69. The van der Waals surface area contributed by atoms with Crippen molar-refractivity contribution in [3.8, 4) is 11.5 Å². The van der Waals surface area contributed by atoms with Gasteiger partial charge in [0.15, 0.2) is 11.5 Å². The fraction of sp³-hybridized carbons (Fsp3) is 0.625. The normalized spacial score (nSPS) is 22.9. The van der Waals surface area contributed by atoms with Crippen LogP contribution in [-0.2, 0) is 4.74 Å². The minimum absolute atomic E-state index is 0.0132. The molecular weight excluding hydrogens is 334 g/mol. The third kappa shape index (κ3) is 3.71. The van der Waals surface area contributed by atoms with Crippen LogP contribution in [0.4, 0.5) is 0 Å². The molecule has 1 aromatic carbocycles. The topological polar surface area (TPSA) is 53.7 Å². The van der Waals surface area contributed by atoms with Crippen molar-refractivity contribution in [2.45, 2.75) is 44.2 Å². The van der Waals surface area contributed by atoms with Crippen molar-refractivity contribution in [3.05, 3.63) is 22.2 Å². The lowest BCUT2D eigenvalue weighted by Crippen LogP contribution is -2.22. The van der Waals surface area contributed by atoms with E-state index < -0.39 is 0 Å². The molecule has 2 N–H and O–H groups in total. The number of benzene rings is 1. The van der Waals surface area contributed by atoms with Gasteiger partial charge in [-0.05, 0) is 49.8 Å². The molecule has 5 heteroatoms. The molecule has 0 saturated carbocycles. The van der Waals surface area contributed by atoms with Gasteiger partial charge < -0.3 is 19.9 Å². The van der Waals surface area contributed by atoms with E-state index in [9.17, 15) is 0 Å². The van der Waals surface area contributed by atoms with E-state index in [-0.39, 0.29) is 6.04 Å². The van der Waals surface area contributed by atoms with Crippen LogP contribution in [0.15, 0.2) is 16.6 Å². The van der Waals surface area contributed by atoms with Crippen LogP contribution in [0.3, 0.4) is 0 Å². The third-order valence-corrected chi connectivity index (χ3v) is 4.82. The van der Waals surface area contributed by atoms with E-state index in [1.165, 1.54) is 12.8 Å². The summed E-state index contributed by atoms with van der Waals surface area (Å²) in [6.07, 6.45) is 5.94. The molecule has 2 aliphatic heterocycles. The molecule has 3 rings (SSSR count). The lowest BCUT2D eigenvalue weighted by atomic mass is 9.97. The first-order valence-corrected chi connectivity index (χ1v) is 8.49. The molecule has 0 bridgehead atoms. The van der Waals surface area contributed by atoms with E-state index >= 15 is 0 Å². The van der Waals surface area contributed by atoms with Gasteiger partial charge in [-0.2, -0.15) is 0 Å². The lowest BCUT2D eigenvalue weighted by molar-refractivity contribution is 0.00911. The molecule has 0 spiro atoms. The molecule has 0 amide bonds. The highest BCUT2D eigenvalue weighted by Gasteiger charge is 2.20. The summed E-state index contributed by atoms with van der Waals surface area (Å²) in [6.45, 7) is 2.09. The standard InChI is InChI=1S/C16H22BrNO3/c17-13-10-16-15(20-7-8-21-16)9-12(13)14(18)5-4-11-3-1-2-6-19-11/h9-11,14H,1-8,18H2. The Morgan fingerprint density at radius 2 is 1.90 bits per heavy atom. The molecule has 2 unspecified atom stereocenters. The highest BCUT2D eigenvalue weighted by molar-refractivity contribution is 9.10. The van der Waals surface area contributed by atoms with Crippen molar-refractivity contribution in [3.63, 3.8) is 0 Å². The van der Waals surface area contributed by atoms with Gasteiger partial charge in [-0.3, -0.25) is 0 Å². The fourth-order valence-electron chi connectivity index (χ4n) is 2.92. The van der Waals surface area contributed by atoms with Crippen LogP contribution < -0.4 is 15.2 Å². The predicted octanol–water partition coefficient (Wildman–Crippen LogP) is 3.57. The van der Waals surface area contributed by atoms with Gasteiger partial charge >= 0.3 is 0 Å². The summed E-state index contributed by atoms with van der Waals surface area (Å²) in [4.78, 5) is 0. The molecule has 21 heavy (non-hydrogen) atoms. The largest absolute Gasteiger partial charge is 0.486 e. The van der Waals surface area contributed by atoms with Crippen LogP contribution in [0.2, 0.25) is 0 Å². The molecule has 2 atom stereocenters. The molecule has 4 nitrogen and oxygen atoms in total. The van der Waals surface area contributed by atoms with Crippen molar-refractivity contribution in [2.75, 3.05) is 19.8 Å². The van der Waals surface area contributed by atoms with Gasteiger partial charge in [-0.25, -0.2) is 0 Å². The van der Waals surface area contributed by atoms with Crippen molar-refractivity contribution in [2.24, 2.45) is 5.73 Å². The predicted molar refractivity (Wildman–Crippen MR) is 84.9 cm³/mol. The van der Waals surface area contributed by atoms with E-state index in [0.29, 0.717) is 19.3 Å². The van der Waals surface area contributed by atoms with E-state index in [1.807, 2.05) is 12.1 Å². The number of ether oxygens (including phenoxy) is 3. The highest BCUT2D eigenvalue weighted by Crippen LogP contribution is 2.38. The molecule has 2 aliphatic rings. The Morgan fingerprint density at radius 3 is 2.62 bits per heavy atom. The smallest absolute Gasteiger partial charge is 0.162 e. The van der Waals surface area contributed by atoms with Crippen LogP contribution in [0.5, 0.6) is 11.5 Å². The maximum atomic E-state index is 6.36. The Kier molecular flexibility index (Phi) is 5.03. The van der Waals surface area contributed by atoms with E-state index in [2.05, 4.69) is 15.9 Å². The van der Waals surface area contributed by atoms with Gasteiger partial charge in [0.2, 0.25) is 0 Å². The number of hydrogen-bond donors (Lipinski definition) is 1. The molecular formula is C16H22BrNO3. The lowest BCUT2D eigenvalue weighted by Gasteiger charge is -2.25. The van der Waals surface area contributed by atoms with Crippen LogP contribution in [0, 0.1) is 0 Å². The summed E-state index contributed by atoms with van der Waals surface area (Å²) in [5, 5.41) is 0. The van der Waals surface area contributed by atoms with Crippen molar-refractivity contribution >= 4 is 15.9 Å². The zero-order chi connectivity index (χ0) is 14.7. The van der Waals surface area contributed by atoms with Crippen molar-refractivity contribution in [1.29, 1.82) is 0 Å². The monoisotopic (exact) mass is 355 g/mol. The summed E-state index contributed by atoms with van der Waals surface area (Å²) in [7, 11) is 0. The quantitative estimate of drug-likeness (QED) is 0.896. The Hall–Kier alpha value is -0.780. The second-order valence-corrected chi connectivity index (χ2v) is 6.54. The molecule has 1 fully saturated rings. The fourth-order valence-corrected chi connectivity index (χ4v) is 3.54. The van der Waals surface area contributed by atoms with Crippen LogP contribution >= 0.6 is 15.9 Å². The number of rotatable bonds is 4. The zero-order valence-corrected chi connectivity index (χ0v) is 13.7. The molecule has 1 saturated heterocycles. The molecule has 116 valence electrons. The van der Waals surface area contributed by atoms with E-state index in [1.54, 1.807) is 0 Å². The summed E-state index contributed by atoms with van der Waals surface area (Å²) >= 11 is 3.60. The van der Waals surface area contributed by atoms with Crippen molar-refractivity contribution in [1.82, 2.24) is 0 Å². The minimum atomic E-state index is -0.0132. The first-order chi connectivity index (χ1) is 10.2. The average Bonchev–Trinajstić information content (AvgIpc) is 2.53. The zero-order valence-electron chi connectivity index (χ0n) is 12.1. The summed E-state index contributed by atoms with van der Waals surface area (Å²) < 4.78 is 18.0. The SMILES string of the molecule is NC(CCC1CCCCO1)c1cc2c(cc1Br)OCCO2. The number of halogens is 1. The molecule has 0 aliphatic carbocycles. The Bertz CT molecular complexity index is 489. The molecule has 0 aromatic heterocycles. The van der Waals surface area contributed by atoms with Crippen LogP contribution in [0.1, 0.15) is 43.7 Å². The average molecular weight is 356 g/mol. The minimum Gasteiger partial charge on any atom is -0.486 e. The molecule has 0 radical (unpaired) electrons. The molecule has 1 aromatic rings. The maximum Gasteiger partial charge on any atom is 0.162 e. The number of nitrogens with two attached hydrogens (primary N) is 1. The Balaban J connectivity index is 1.64. The second kappa shape index (κ2) is 6.99. The maximum absolute atomic E-state index is 6.36. The number of hydrogen-bond acceptors (Lipinski definition) is 4. The highest BCUT2D eigenvalue weighted by atomic mass is 79.9. The number of fused-ring (bicyclic) bond motifs is 1. The van der Waals surface area contributed by atoms with Gasteiger partial charge in [-0.15, -0.1) is 0 Å².